The Kier molecular flexibility index (Phi) is 2.81. The van der Waals surface area contributed by atoms with E-state index in [2.05, 4.69) is 0 Å². The van der Waals surface area contributed by atoms with Crippen molar-refractivity contribution in [3.05, 3.63) is 30.5 Å². The lowest BCUT2D eigenvalue weighted by molar-refractivity contribution is -0.305. The molecule has 0 amide bonds. The highest BCUT2D eigenvalue weighted by atomic mass is 16.5. The van der Waals surface area contributed by atoms with Crippen molar-refractivity contribution in [2.45, 2.75) is 13.0 Å². The molecule has 0 radical (unpaired) electrons. The molecule has 0 aliphatic carbocycles. The second-order valence-corrected chi connectivity index (χ2v) is 3.53. The van der Waals surface area contributed by atoms with Crippen LogP contribution in [0.3, 0.4) is 0 Å². The molecule has 2 aromatic rings. The van der Waals surface area contributed by atoms with E-state index in [1.165, 1.54) is 0 Å². The molecular weight excluding hydrogens is 206 g/mol. The fraction of sp³-hybridized carbons (Fsp3) is 0.250. The Morgan fingerprint density at radius 2 is 2.19 bits per heavy atom. The lowest BCUT2D eigenvalue weighted by atomic mass is 10.2. The predicted molar refractivity (Wildman–Crippen MR) is 58.1 cm³/mol. The van der Waals surface area contributed by atoms with Gasteiger partial charge in [-0.05, 0) is 12.1 Å². The molecule has 0 spiro atoms. The number of rotatable bonds is 4. The van der Waals surface area contributed by atoms with Gasteiger partial charge in [-0.15, -0.1) is 0 Å². The summed E-state index contributed by atoms with van der Waals surface area (Å²) in [7, 11) is 1.60. The van der Waals surface area contributed by atoms with Crippen LogP contribution in [0, 0.1) is 0 Å². The number of nitrogens with zero attached hydrogens (tertiary/aromatic N) is 1. The Labute approximate surface area is 93.1 Å². The number of para-hydroxylation sites is 1. The first kappa shape index (κ1) is 10.5. The van der Waals surface area contributed by atoms with Crippen LogP contribution in [0.5, 0.6) is 5.75 Å². The van der Waals surface area contributed by atoms with Crippen LogP contribution in [-0.4, -0.2) is 17.6 Å². The number of carboxylic acids is 1. The molecule has 0 fully saturated rings. The van der Waals surface area contributed by atoms with Gasteiger partial charge in [0.2, 0.25) is 0 Å². The monoisotopic (exact) mass is 218 g/mol. The van der Waals surface area contributed by atoms with Gasteiger partial charge in [-0.3, -0.25) is 0 Å². The zero-order valence-corrected chi connectivity index (χ0v) is 8.97. The zero-order valence-electron chi connectivity index (χ0n) is 8.97. The molecule has 1 aromatic heterocycles. The number of aryl methyl sites for hydroxylation is 1. The van der Waals surface area contributed by atoms with Crippen molar-refractivity contribution >= 4 is 16.9 Å². The quantitative estimate of drug-likeness (QED) is 0.762. The number of fused-ring (bicyclic) bond motifs is 1. The maximum absolute atomic E-state index is 10.4. The Hall–Kier alpha value is -1.97. The maximum atomic E-state index is 10.4. The van der Waals surface area contributed by atoms with Gasteiger partial charge in [0.1, 0.15) is 5.75 Å². The van der Waals surface area contributed by atoms with Crippen LogP contribution in [0.4, 0.5) is 0 Å². The average molecular weight is 218 g/mol. The van der Waals surface area contributed by atoms with Crippen LogP contribution in [0.15, 0.2) is 30.5 Å². The lowest BCUT2D eigenvalue weighted by Crippen LogP contribution is -2.23. The van der Waals surface area contributed by atoms with Crippen molar-refractivity contribution in [1.82, 2.24) is 4.57 Å². The van der Waals surface area contributed by atoms with Crippen molar-refractivity contribution in [2.24, 2.45) is 0 Å². The maximum Gasteiger partial charge on any atom is 0.144 e. The van der Waals surface area contributed by atoms with Gasteiger partial charge < -0.3 is 19.2 Å². The number of hydrogen-bond acceptors (Lipinski definition) is 3. The molecule has 1 aromatic carbocycles. The van der Waals surface area contributed by atoms with E-state index >= 15 is 0 Å². The van der Waals surface area contributed by atoms with E-state index in [1.807, 2.05) is 35.0 Å². The van der Waals surface area contributed by atoms with Crippen LogP contribution in [0.2, 0.25) is 0 Å². The average Bonchev–Trinajstić information content (AvgIpc) is 2.65. The molecule has 0 aliphatic heterocycles. The summed E-state index contributed by atoms with van der Waals surface area (Å²) in [5.41, 5.74) is 0.973. The first-order chi connectivity index (χ1) is 7.72. The molecule has 0 unspecified atom stereocenters. The summed E-state index contributed by atoms with van der Waals surface area (Å²) in [6.45, 7) is 0.395. The van der Waals surface area contributed by atoms with E-state index in [-0.39, 0.29) is 6.42 Å². The van der Waals surface area contributed by atoms with Crippen molar-refractivity contribution in [3.63, 3.8) is 0 Å². The van der Waals surface area contributed by atoms with Gasteiger partial charge in [0.05, 0.1) is 12.6 Å². The minimum absolute atomic E-state index is 0.00181. The second-order valence-electron chi connectivity index (χ2n) is 3.53. The number of carbonyl (C=O) groups is 1. The summed E-state index contributed by atoms with van der Waals surface area (Å²) in [5, 5.41) is 11.4. The number of methoxy groups -OCH3 is 1. The number of aromatic nitrogens is 1. The summed E-state index contributed by atoms with van der Waals surface area (Å²) >= 11 is 0. The van der Waals surface area contributed by atoms with E-state index in [4.69, 9.17) is 4.74 Å². The smallest absolute Gasteiger partial charge is 0.144 e. The summed E-state index contributed by atoms with van der Waals surface area (Å²) in [4.78, 5) is 10.4. The minimum atomic E-state index is -1.04. The van der Waals surface area contributed by atoms with E-state index < -0.39 is 5.97 Å². The molecular formula is C12H12NO3-. The van der Waals surface area contributed by atoms with Gasteiger partial charge >= 0.3 is 0 Å². The van der Waals surface area contributed by atoms with Crippen molar-refractivity contribution < 1.29 is 14.6 Å². The third kappa shape index (κ3) is 1.86. The molecule has 1 heterocycles. The summed E-state index contributed by atoms with van der Waals surface area (Å²) in [6.07, 6.45) is 1.81. The standard InChI is InChI=1S/C12H13NO3/c1-16-11-8-13(7-6-12(14)15)10-5-3-2-4-9(10)11/h2-5,8H,6-7H2,1H3,(H,14,15)/p-1. The first-order valence-corrected chi connectivity index (χ1v) is 5.04. The van der Waals surface area contributed by atoms with Crippen LogP contribution in [0.25, 0.3) is 10.9 Å². The van der Waals surface area contributed by atoms with Crippen molar-refractivity contribution in [2.75, 3.05) is 7.11 Å². The third-order valence-corrected chi connectivity index (χ3v) is 2.53. The van der Waals surface area contributed by atoms with Crippen LogP contribution < -0.4 is 9.84 Å². The SMILES string of the molecule is COc1cn(CCC(=O)[O-])c2ccccc12. The van der Waals surface area contributed by atoms with Crippen LogP contribution in [-0.2, 0) is 11.3 Å². The van der Waals surface area contributed by atoms with Crippen molar-refractivity contribution in [1.29, 1.82) is 0 Å². The summed E-state index contributed by atoms with van der Waals surface area (Å²) in [6, 6.07) is 7.72. The van der Waals surface area contributed by atoms with Gasteiger partial charge in [-0.2, -0.15) is 0 Å². The highest BCUT2D eigenvalue weighted by molar-refractivity contribution is 5.86. The molecule has 2 rings (SSSR count). The van der Waals surface area contributed by atoms with E-state index in [0.717, 1.165) is 16.7 Å². The first-order valence-electron chi connectivity index (χ1n) is 5.04. The third-order valence-electron chi connectivity index (χ3n) is 2.53. The molecule has 4 heteroatoms. The Bertz CT molecular complexity index is 516. The molecule has 4 nitrogen and oxygen atoms in total. The number of hydrogen-bond donors (Lipinski definition) is 0. The predicted octanol–water partition coefficient (Wildman–Crippen LogP) is 0.790. The molecule has 0 bridgehead atoms. The molecule has 16 heavy (non-hydrogen) atoms. The molecule has 0 saturated carbocycles. The molecule has 0 saturated heterocycles. The summed E-state index contributed by atoms with van der Waals surface area (Å²) < 4.78 is 7.10. The molecule has 0 aliphatic rings. The number of ether oxygens (including phenoxy) is 1. The number of carboxylic acid groups (broad SMARTS) is 1. The normalized spacial score (nSPS) is 10.6. The molecule has 0 N–H and O–H groups in total. The van der Waals surface area contributed by atoms with Gasteiger partial charge in [0, 0.05) is 30.5 Å². The van der Waals surface area contributed by atoms with E-state index in [1.54, 1.807) is 7.11 Å². The lowest BCUT2D eigenvalue weighted by Gasteiger charge is -2.05. The highest BCUT2D eigenvalue weighted by Gasteiger charge is 2.07. The number of benzene rings is 1. The number of carbonyl (C=O) groups excluding carboxylic acids is 1. The van der Waals surface area contributed by atoms with Crippen molar-refractivity contribution in [3.8, 4) is 5.75 Å². The Morgan fingerprint density at radius 1 is 1.44 bits per heavy atom. The van der Waals surface area contributed by atoms with Gasteiger partial charge in [0.15, 0.2) is 0 Å². The van der Waals surface area contributed by atoms with Crippen LogP contribution >= 0.6 is 0 Å². The van der Waals surface area contributed by atoms with Gasteiger partial charge in [0.25, 0.3) is 0 Å². The summed E-state index contributed by atoms with van der Waals surface area (Å²) in [5.74, 6) is -0.286. The van der Waals surface area contributed by atoms with Crippen LogP contribution in [0.1, 0.15) is 6.42 Å². The van der Waals surface area contributed by atoms with Gasteiger partial charge in [-0.1, -0.05) is 12.1 Å². The number of aliphatic carboxylic acids is 1. The van der Waals surface area contributed by atoms with E-state index in [9.17, 15) is 9.90 Å². The van der Waals surface area contributed by atoms with Gasteiger partial charge in [-0.25, -0.2) is 0 Å². The fourth-order valence-corrected chi connectivity index (χ4v) is 1.77. The zero-order chi connectivity index (χ0) is 11.5. The Morgan fingerprint density at radius 3 is 2.88 bits per heavy atom. The topological polar surface area (TPSA) is 54.3 Å². The second kappa shape index (κ2) is 4.26. The highest BCUT2D eigenvalue weighted by Crippen LogP contribution is 2.27. The van der Waals surface area contributed by atoms with E-state index in [0.29, 0.717) is 6.54 Å². The largest absolute Gasteiger partial charge is 0.550 e. The molecule has 0 atom stereocenters. The minimum Gasteiger partial charge on any atom is -0.550 e. The Balaban J connectivity index is 2.41. The molecule has 84 valence electrons. The fourth-order valence-electron chi connectivity index (χ4n) is 1.77.